The Hall–Kier alpha value is -2.41. The van der Waals surface area contributed by atoms with E-state index in [2.05, 4.69) is 49.5 Å². The van der Waals surface area contributed by atoms with Gasteiger partial charge in [-0.05, 0) is 80.7 Å². The van der Waals surface area contributed by atoms with Crippen LogP contribution in [0.15, 0.2) is 48.9 Å². The topological polar surface area (TPSA) is 62.2 Å². The quantitative estimate of drug-likeness (QED) is 0.522. The molecule has 0 saturated carbocycles. The van der Waals surface area contributed by atoms with Crippen molar-refractivity contribution in [3.05, 3.63) is 59.5 Å². The zero-order valence-electron chi connectivity index (χ0n) is 18.0. The molecule has 2 aromatic heterocycles. The molecule has 0 aliphatic carbocycles. The second-order valence-electron chi connectivity index (χ2n) is 8.21. The molecule has 3 aromatic rings. The monoisotopic (exact) mass is 439 g/mol. The molecule has 2 N–H and O–H groups in total. The van der Waals surface area contributed by atoms with Gasteiger partial charge in [0.05, 0.1) is 11.7 Å². The molecule has 0 bridgehead atoms. The van der Waals surface area contributed by atoms with E-state index in [0.29, 0.717) is 5.92 Å². The van der Waals surface area contributed by atoms with E-state index in [0.717, 1.165) is 68.3 Å². The van der Waals surface area contributed by atoms with Crippen molar-refractivity contribution in [3.8, 4) is 5.69 Å². The smallest absolute Gasteiger partial charge is 0.216 e. The van der Waals surface area contributed by atoms with Gasteiger partial charge in [-0.2, -0.15) is 0 Å². The van der Waals surface area contributed by atoms with Gasteiger partial charge in [-0.25, -0.2) is 0 Å². The second kappa shape index (κ2) is 10.3. The highest BCUT2D eigenvalue weighted by Crippen LogP contribution is 2.35. The van der Waals surface area contributed by atoms with Crippen molar-refractivity contribution in [2.75, 3.05) is 32.8 Å². The van der Waals surface area contributed by atoms with Gasteiger partial charge in [0.2, 0.25) is 5.91 Å². The van der Waals surface area contributed by atoms with Crippen molar-refractivity contribution in [2.45, 2.75) is 32.1 Å². The Morgan fingerprint density at radius 1 is 1.16 bits per heavy atom. The molecular weight excluding hydrogens is 410 g/mol. The Morgan fingerprint density at radius 2 is 1.94 bits per heavy atom. The van der Waals surface area contributed by atoms with Gasteiger partial charge < -0.3 is 15.2 Å². The van der Waals surface area contributed by atoms with Crippen LogP contribution >= 0.6 is 11.6 Å². The molecule has 1 aliphatic heterocycles. The lowest BCUT2D eigenvalue weighted by Crippen LogP contribution is -2.40. The highest BCUT2D eigenvalue weighted by Gasteiger charge is 2.24. The normalized spacial score (nSPS) is 15.4. The van der Waals surface area contributed by atoms with Crippen molar-refractivity contribution in [3.63, 3.8) is 0 Å². The van der Waals surface area contributed by atoms with Gasteiger partial charge in [0.25, 0.3) is 0 Å². The van der Waals surface area contributed by atoms with Gasteiger partial charge >= 0.3 is 0 Å². The number of pyridine rings is 1. The van der Waals surface area contributed by atoms with E-state index in [1.165, 1.54) is 10.9 Å². The van der Waals surface area contributed by atoms with Gasteiger partial charge in [-0.15, -0.1) is 0 Å². The summed E-state index contributed by atoms with van der Waals surface area (Å²) in [6, 6.07) is 10.1. The molecule has 7 heteroatoms. The van der Waals surface area contributed by atoms with Crippen molar-refractivity contribution in [1.82, 2.24) is 25.1 Å². The first-order chi connectivity index (χ1) is 15.1. The van der Waals surface area contributed by atoms with E-state index in [1.54, 1.807) is 6.92 Å². The fraction of sp³-hybridized carbons (Fsp3) is 0.417. The summed E-state index contributed by atoms with van der Waals surface area (Å²) in [5.41, 5.74) is 3.66. The highest BCUT2D eigenvalue weighted by atomic mass is 35.5. The van der Waals surface area contributed by atoms with E-state index in [4.69, 9.17) is 11.6 Å². The van der Waals surface area contributed by atoms with Crippen LogP contribution in [0.3, 0.4) is 0 Å². The van der Waals surface area contributed by atoms with Gasteiger partial charge in [-0.1, -0.05) is 11.6 Å². The number of rotatable bonds is 8. The number of piperidine rings is 1. The lowest BCUT2D eigenvalue weighted by molar-refractivity contribution is -0.118. The third kappa shape index (κ3) is 5.45. The van der Waals surface area contributed by atoms with Gasteiger partial charge in [-0.3, -0.25) is 14.7 Å². The minimum Gasteiger partial charge on any atom is -0.356 e. The van der Waals surface area contributed by atoms with Crippen LogP contribution < -0.4 is 10.6 Å². The zero-order chi connectivity index (χ0) is 21.6. The van der Waals surface area contributed by atoms with Gasteiger partial charge in [0.1, 0.15) is 0 Å². The van der Waals surface area contributed by atoms with Gasteiger partial charge in [0, 0.05) is 48.6 Å². The molecule has 31 heavy (non-hydrogen) atoms. The standard InChI is InChI=1S/C24H30ClN5O/c1-18(31)28-11-2-10-27-17-29-13-8-19(9-14-29)23-16-30(21-5-3-20(25)4-6-21)24-15-26-12-7-22(23)24/h3-7,12,15-16,19,27H,2,8-11,13-14,17H2,1H3,(H,28,31). The van der Waals surface area contributed by atoms with Crippen LogP contribution in [0.4, 0.5) is 0 Å². The van der Waals surface area contributed by atoms with Crippen LogP contribution in [0.25, 0.3) is 16.6 Å². The number of carbonyl (C=O) groups excluding carboxylic acids is 1. The lowest BCUT2D eigenvalue weighted by Gasteiger charge is -2.32. The number of nitrogens with zero attached hydrogens (tertiary/aromatic N) is 3. The van der Waals surface area contributed by atoms with Crippen LogP contribution in [0.2, 0.25) is 5.02 Å². The number of nitrogens with one attached hydrogen (secondary N) is 2. The first kappa shape index (κ1) is 21.8. The highest BCUT2D eigenvalue weighted by molar-refractivity contribution is 6.30. The number of carbonyl (C=O) groups is 1. The Labute approximate surface area is 188 Å². The molecule has 1 aliphatic rings. The van der Waals surface area contributed by atoms with E-state index in [1.807, 2.05) is 24.5 Å². The number of fused-ring (bicyclic) bond motifs is 1. The number of amides is 1. The maximum atomic E-state index is 10.9. The largest absolute Gasteiger partial charge is 0.356 e. The Balaban J connectivity index is 1.37. The Bertz CT molecular complexity index is 1010. The fourth-order valence-corrected chi connectivity index (χ4v) is 4.48. The summed E-state index contributed by atoms with van der Waals surface area (Å²) < 4.78 is 2.23. The molecule has 0 radical (unpaired) electrons. The second-order valence-corrected chi connectivity index (χ2v) is 8.65. The maximum absolute atomic E-state index is 10.9. The van der Waals surface area contributed by atoms with Crippen LogP contribution in [0.1, 0.15) is 37.7 Å². The summed E-state index contributed by atoms with van der Waals surface area (Å²) in [6.07, 6.45) is 9.38. The molecule has 4 rings (SSSR count). The molecule has 1 fully saturated rings. The molecule has 1 aromatic carbocycles. The van der Waals surface area contributed by atoms with Crippen molar-refractivity contribution in [2.24, 2.45) is 0 Å². The number of aromatic nitrogens is 2. The van der Waals surface area contributed by atoms with E-state index < -0.39 is 0 Å². The zero-order valence-corrected chi connectivity index (χ0v) is 18.7. The summed E-state index contributed by atoms with van der Waals surface area (Å²) in [7, 11) is 0. The Kier molecular flexibility index (Phi) is 7.22. The predicted octanol–water partition coefficient (Wildman–Crippen LogP) is 3.93. The summed E-state index contributed by atoms with van der Waals surface area (Å²) in [5, 5.41) is 8.36. The summed E-state index contributed by atoms with van der Waals surface area (Å²) in [4.78, 5) is 17.7. The van der Waals surface area contributed by atoms with E-state index in [-0.39, 0.29) is 5.91 Å². The number of benzene rings is 1. The molecule has 0 spiro atoms. The van der Waals surface area contributed by atoms with Gasteiger partial charge in [0.15, 0.2) is 0 Å². The predicted molar refractivity (Wildman–Crippen MR) is 126 cm³/mol. The third-order valence-electron chi connectivity index (χ3n) is 6.01. The molecule has 3 heterocycles. The van der Waals surface area contributed by atoms with E-state index >= 15 is 0 Å². The molecule has 1 amide bonds. The number of hydrogen-bond acceptors (Lipinski definition) is 4. The SMILES string of the molecule is CC(=O)NCCCNCN1CCC(c2cn(-c3ccc(Cl)cc3)c3cnccc23)CC1. The summed E-state index contributed by atoms with van der Waals surface area (Å²) >= 11 is 6.08. The molecule has 1 saturated heterocycles. The molecular formula is C24H30ClN5O. The maximum Gasteiger partial charge on any atom is 0.216 e. The molecule has 0 unspecified atom stereocenters. The summed E-state index contributed by atoms with van der Waals surface area (Å²) in [5.74, 6) is 0.588. The molecule has 6 nitrogen and oxygen atoms in total. The minimum absolute atomic E-state index is 0.0373. The lowest BCUT2D eigenvalue weighted by atomic mass is 9.89. The van der Waals surface area contributed by atoms with Crippen LogP contribution in [0.5, 0.6) is 0 Å². The average Bonchev–Trinajstić information content (AvgIpc) is 3.17. The number of halogens is 1. The molecule has 0 atom stereocenters. The fourth-order valence-electron chi connectivity index (χ4n) is 4.36. The summed E-state index contributed by atoms with van der Waals surface area (Å²) in [6.45, 7) is 6.28. The number of hydrogen-bond donors (Lipinski definition) is 2. The first-order valence-corrected chi connectivity index (χ1v) is 11.4. The van der Waals surface area contributed by atoms with Crippen molar-refractivity contribution < 1.29 is 4.79 Å². The van der Waals surface area contributed by atoms with Crippen molar-refractivity contribution in [1.29, 1.82) is 0 Å². The minimum atomic E-state index is 0.0373. The third-order valence-corrected chi connectivity index (χ3v) is 6.26. The average molecular weight is 440 g/mol. The Morgan fingerprint density at radius 3 is 2.68 bits per heavy atom. The first-order valence-electron chi connectivity index (χ1n) is 11.0. The van der Waals surface area contributed by atoms with Crippen molar-refractivity contribution >= 4 is 28.4 Å². The van der Waals surface area contributed by atoms with Crippen LogP contribution in [-0.2, 0) is 4.79 Å². The molecule has 164 valence electrons. The number of likely N-dealkylation sites (tertiary alicyclic amines) is 1. The van der Waals surface area contributed by atoms with Crippen LogP contribution in [0, 0.1) is 0 Å². The van der Waals surface area contributed by atoms with Crippen LogP contribution in [-0.4, -0.2) is 53.2 Å². The van der Waals surface area contributed by atoms with E-state index in [9.17, 15) is 4.79 Å².